The molecule has 0 fully saturated rings. The fraction of sp³-hybridized carbons (Fsp3) is 0.244. The molecule has 5 rings (SSSR count). The van der Waals surface area contributed by atoms with Crippen LogP contribution in [0.15, 0.2) is 115 Å². The molecule has 5 aromatic rings. The average molecular weight is 713 g/mol. The van der Waals surface area contributed by atoms with Gasteiger partial charge in [0.15, 0.2) is 0 Å². The first-order valence-electron chi connectivity index (χ1n) is 18.0. The zero-order valence-electron chi connectivity index (χ0n) is 30.4. The fourth-order valence-corrected chi connectivity index (χ4v) is 5.62. The number of benzene rings is 5. The SMILES string of the molecule is CCCc1ccc(CCC(=O)Oc2ccc(C(=O)Oc3ccc(OC(=O)c4ccc(OC(=O)CCc5ccc(CCC)cc5)cc4)c(C)c3)cc2)cc1. The lowest BCUT2D eigenvalue weighted by atomic mass is 10.0. The monoisotopic (exact) mass is 712 g/mol. The Hall–Kier alpha value is -6.02. The number of aryl methyl sites for hydroxylation is 5. The summed E-state index contributed by atoms with van der Waals surface area (Å²) in [5.74, 6) is -0.670. The molecular weight excluding hydrogens is 668 g/mol. The standard InChI is InChI=1S/C45H44O8/c1-4-6-32-8-12-34(13-9-32)16-28-42(46)50-38-22-18-36(19-23-38)44(48)52-40-26-27-41(31(3)30-40)53-45(49)37-20-24-39(25-21-37)51-43(47)29-17-35-14-10-33(7-5-2)11-15-35/h8-15,18-27,30H,4-7,16-17,28-29H2,1-3H3. The van der Waals surface area contributed by atoms with E-state index in [0.717, 1.165) is 36.8 Å². The van der Waals surface area contributed by atoms with Crippen molar-refractivity contribution < 1.29 is 38.1 Å². The van der Waals surface area contributed by atoms with Crippen LogP contribution in [-0.2, 0) is 35.3 Å². The molecule has 0 unspecified atom stereocenters. The third-order valence-electron chi connectivity index (χ3n) is 8.56. The van der Waals surface area contributed by atoms with Gasteiger partial charge in [0.05, 0.1) is 11.1 Å². The van der Waals surface area contributed by atoms with Gasteiger partial charge < -0.3 is 18.9 Å². The Morgan fingerprint density at radius 3 is 1.21 bits per heavy atom. The van der Waals surface area contributed by atoms with Crippen LogP contribution in [0.1, 0.15) is 88.1 Å². The Labute approximate surface area is 310 Å². The maximum absolute atomic E-state index is 12.9. The minimum atomic E-state index is -0.597. The molecule has 8 nitrogen and oxygen atoms in total. The lowest BCUT2D eigenvalue weighted by Crippen LogP contribution is -2.12. The molecule has 0 heterocycles. The molecule has 0 aliphatic rings. The Bertz CT molecular complexity index is 1990. The van der Waals surface area contributed by atoms with E-state index in [2.05, 4.69) is 38.1 Å². The van der Waals surface area contributed by atoms with Crippen LogP contribution in [-0.4, -0.2) is 23.9 Å². The summed E-state index contributed by atoms with van der Waals surface area (Å²) in [6, 6.07) is 33.5. The molecule has 272 valence electrons. The predicted molar refractivity (Wildman–Crippen MR) is 203 cm³/mol. The van der Waals surface area contributed by atoms with Crippen LogP contribution in [0, 0.1) is 6.92 Å². The van der Waals surface area contributed by atoms with E-state index in [9.17, 15) is 19.2 Å². The van der Waals surface area contributed by atoms with Gasteiger partial charge in [0.25, 0.3) is 0 Å². The van der Waals surface area contributed by atoms with Crippen molar-refractivity contribution in [1.29, 1.82) is 0 Å². The summed E-state index contributed by atoms with van der Waals surface area (Å²) in [5.41, 5.74) is 5.83. The number of esters is 4. The minimum Gasteiger partial charge on any atom is -0.427 e. The second-order valence-electron chi connectivity index (χ2n) is 12.8. The summed E-state index contributed by atoms with van der Waals surface area (Å²) in [4.78, 5) is 50.4. The second-order valence-corrected chi connectivity index (χ2v) is 12.8. The van der Waals surface area contributed by atoms with Crippen LogP contribution in [0.3, 0.4) is 0 Å². The fourth-order valence-electron chi connectivity index (χ4n) is 5.62. The maximum atomic E-state index is 12.9. The molecule has 0 amide bonds. The van der Waals surface area contributed by atoms with Crippen LogP contribution in [0.2, 0.25) is 0 Å². The lowest BCUT2D eigenvalue weighted by molar-refractivity contribution is -0.135. The van der Waals surface area contributed by atoms with E-state index in [1.165, 1.54) is 41.5 Å². The molecule has 0 N–H and O–H groups in total. The molecular formula is C45H44O8. The second kappa shape index (κ2) is 19.0. The number of hydrogen-bond donors (Lipinski definition) is 0. The smallest absolute Gasteiger partial charge is 0.343 e. The number of ether oxygens (including phenoxy) is 4. The summed E-state index contributed by atoms with van der Waals surface area (Å²) in [5, 5.41) is 0. The molecule has 0 aliphatic heterocycles. The lowest BCUT2D eigenvalue weighted by Gasteiger charge is -2.11. The Kier molecular flexibility index (Phi) is 13.7. The van der Waals surface area contributed by atoms with Gasteiger partial charge in [-0.2, -0.15) is 0 Å². The molecule has 5 aromatic carbocycles. The van der Waals surface area contributed by atoms with Crippen LogP contribution in [0.4, 0.5) is 0 Å². The van der Waals surface area contributed by atoms with Gasteiger partial charge in [0.2, 0.25) is 0 Å². The van der Waals surface area contributed by atoms with Crippen molar-refractivity contribution >= 4 is 23.9 Å². The highest BCUT2D eigenvalue weighted by molar-refractivity contribution is 5.92. The molecule has 0 aromatic heterocycles. The van der Waals surface area contributed by atoms with Gasteiger partial charge in [0, 0.05) is 12.8 Å². The highest BCUT2D eigenvalue weighted by Crippen LogP contribution is 2.26. The molecule has 53 heavy (non-hydrogen) atoms. The van der Waals surface area contributed by atoms with Gasteiger partial charge in [-0.3, -0.25) is 9.59 Å². The summed E-state index contributed by atoms with van der Waals surface area (Å²) in [7, 11) is 0. The van der Waals surface area contributed by atoms with Gasteiger partial charge in [0.1, 0.15) is 23.0 Å². The molecule has 0 saturated heterocycles. The van der Waals surface area contributed by atoms with Crippen molar-refractivity contribution in [3.8, 4) is 23.0 Å². The maximum Gasteiger partial charge on any atom is 0.343 e. The van der Waals surface area contributed by atoms with Crippen LogP contribution in [0.5, 0.6) is 23.0 Å². The van der Waals surface area contributed by atoms with Crippen molar-refractivity contribution in [3.05, 3.63) is 154 Å². The number of carbonyl (C=O) groups excluding carboxylic acids is 4. The first-order valence-corrected chi connectivity index (χ1v) is 18.0. The van der Waals surface area contributed by atoms with Crippen molar-refractivity contribution in [3.63, 3.8) is 0 Å². The minimum absolute atomic E-state index is 0.237. The van der Waals surface area contributed by atoms with Gasteiger partial charge in [-0.25, -0.2) is 9.59 Å². The highest BCUT2D eigenvalue weighted by Gasteiger charge is 2.15. The quantitative estimate of drug-likeness (QED) is 0.0736. The van der Waals surface area contributed by atoms with E-state index in [-0.39, 0.29) is 41.7 Å². The van der Waals surface area contributed by atoms with Gasteiger partial charge >= 0.3 is 23.9 Å². The zero-order chi connectivity index (χ0) is 37.6. The van der Waals surface area contributed by atoms with Crippen LogP contribution in [0.25, 0.3) is 0 Å². The van der Waals surface area contributed by atoms with E-state index in [4.69, 9.17) is 18.9 Å². The van der Waals surface area contributed by atoms with Crippen molar-refractivity contribution in [2.45, 2.75) is 72.1 Å². The molecule has 0 spiro atoms. The van der Waals surface area contributed by atoms with Crippen molar-refractivity contribution in [2.75, 3.05) is 0 Å². The van der Waals surface area contributed by atoms with E-state index in [0.29, 0.717) is 35.7 Å². The molecule has 0 saturated carbocycles. The van der Waals surface area contributed by atoms with E-state index < -0.39 is 11.9 Å². The summed E-state index contributed by atoms with van der Waals surface area (Å²) >= 11 is 0. The number of carbonyl (C=O) groups is 4. The summed E-state index contributed by atoms with van der Waals surface area (Å²) < 4.78 is 22.0. The molecule has 0 aliphatic carbocycles. The van der Waals surface area contributed by atoms with E-state index >= 15 is 0 Å². The molecule has 0 bridgehead atoms. The molecule has 8 heteroatoms. The average Bonchev–Trinajstić information content (AvgIpc) is 3.16. The Morgan fingerprint density at radius 1 is 0.434 bits per heavy atom. The predicted octanol–water partition coefficient (Wildman–Crippen LogP) is 9.41. The third kappa shape index (κ3) is 11.8. The summed E-state index contributed by atoms with van der Waals surface area (Å²) in [6.07, 6.45) is 5.87. The van der Waals surface area contributed by atoms with Gasteiger partial charge in [-0.15, -0.1) is 0 Å². The number of hydrogen-bond acceptors (Lipinski definition) is 8. The first-order chi connectivity index (χ1) is 25.7. The Morgan fingerprint density at radius 2 is 0.811 bits per heavy atom. The number of rotatable bonds is 16. The molecule has 0 atom stereocenters. The van der Waals surface area contributed by atoms with Crippen molar-refractivity contribution in [2.24, 2.45) is 0 Å². The van der Waals surface area contributed by atoms with Crippen LogP contribution < -0.4 is 18.9 Å². The largest absolute Gasteiger partial charge is 0.427 e. The highest BCUT2D eigenvalue weighted by atomic mass is 16.5. The zero-order valence-corrected chi connectivity index (χ0v) is 30.4. The van der Waals surface area contributed by atoms with Gasteiger partial charge in [-0.1, -0.05) is 75.2 Å². The van der Waals surface area contributed by atoms with E-state index in [1.54, 1.807) is 43.3 Å². The molecule has 0 radical (unpaired) electrons. The van der Waals surface area contributed by atoms with E-state index in [1.807, 2.05) is 24.3 Å². The third-order valence-corrected chi connectivity index (χ3v) is 8.56. The topological polar surface area (TPSA) is 105 Å². The normalized spacial score (nSPS) is 10.7. The first kappa shape index (κ1) is 38.2. The van der Waals surface area contributed by atoms with Gasteiger partial charge in [-0.05, 0) is 127 Å². The van der Waals surface area contributed by atoms with Crippen molar-refractivity contribution in [1.82, 2.24) is 0 Å². The Balaban J connectivity index is 1.05. The van der Waals surface area contributed by atoms with Crippen LogP contribution >= 0.6 is 0 Å². The summed E-state index contributed by atoms with van der Waals surface area (Å²) in [6.45, 7) is 6.01.